The molecule has 1 aromatic carbocycles. The Kier molecular flexibility index (Phi) is 2.01. The third kappa shape index (κ3) is 1.54. The maximum Gasteiger partial charge on any atom is 0.326 e. The van der Waals surface area contributed by atoms with E-state index in [1.54, 1.807) is 0 Å². The first-order valence-corrected chi connectivity index (χ1v) is 2.66. The van der Waals surface area contributed by atoms with Gasteiger partial charge in [-0.3, -0.25) is 0 Å². The Morgan fingerprint density at radius 2 is 1.60 bits per heavy atom. The molecule has 1 N–H and O–H groups in total. The predicted molar refractivity (Wildman–Crippen MR) is 34.0 cm³/mol. The van der Waals surface area contributed by atoms with E-state index >= 15 is 0 Å². The lowest BCUT2D eigenvalue weighted by Gasteiger charge is -1.93. The summed E-state index contributed by atoms with van der Waals surface area (Å²) >= 11 is 0. The smallest absolute Gasteiger partial charge is 0.326 e. The first-order valence-electron chi connectivity index (χ1n) is 2.66. The van der Waals surface area contributed by atoms with Crippen molar-refractivity contribution in [3.63, 3.8) is 0 Å². The van der Waals surface area contributed by atoms with Crippen LogP contribution in [0, 0.1) is 11.6 Å². The molecule has 51 valence electrons. The summed E-state index contributed by atoms with van der Waals surface area (Å²) in [5.41, 5.74) is 0.123. The third-order valence-electron chi connectivity index (χ3n) is 1.03. The number of hydrogen-bond donors (Lipinski definition) is 1. The fraction of sp³-hybridized carbons (Fsp3) is 0. The Hall–Kier alpha value is -0.895. The van der Waals surface area contributed by atoms with E-state index in [-0.39, 0.29) is 5.46 Å². The Balaban J connectivity index is 3.06. The van der Waals surface area contributed by atoms with Gasteiger partial charge in [0.25, 0.3) is 0 Å². The van der Waals surface area contributed by atoms with Crippen LogP contribution in [0.25, 0.3) is 0 Å². The van der Waals surface area contributed by atoms with Crippen molar-refractivity contribution in [3.05, 3.63) is 29.8 Å². The lowest BCUT2D eigenvalue weighted by atomic mass is 9.89. The minimum atomic E-state index is -0.694. The van der Waals surface area contributed by atoms with Crippen LogP contribution in [0.2, 0.25) is 0 Å². The molecule has 0 saturated carbocycles. The zero-order valence-electron chi connectivity index (χ0n) is 5.01. The minimum absolute atomic E-state index is 0.123. The van der Waals surface area contributed by atoms with Gasteiger partial charge in [-0.05, 0) is 17.6 Å². The quantitative estimate of drug-likeness (QED) is 0.554. The monoisotopic (exact) mass is 141 g/mol. The van der Waals surface area contributed by atoms with Crippen LogP contribution in [0.4, 0.5) is 8.78 Å². The van der Waals surface area contributed by atoms with E-state index in [1.165, 1.54) is 0 Å². The standard InChI is InChI=1S/C6H4BF2O/c8-5-1-4(7-10)2-6(9)3-5/h1-3,10H. The van der Waals surface area contributed by atoms with Crippen molar-refractivity contribution < 1.29 is 13.8 Å². The predicted octanol–water partition coefficient (Wildman–Crippen LogP) is 0.202. The molecule has 0 heterocycles. The fourth-order valence-electron chi connectivity index (χ4n) is 0.650. The molecular formula is C6H4BF2O. The Morgan fingerprint density at radius 1 is 1.10 bits per heavy atom. The van der Waals surface area contributed by atoms with Gasteiger partial charge in [-0.15, -0.1) is 0 Å². The normalized spacial score (nSPS) is 9.50. The van der Waals surface area contributed by atoms with Gasteiger partial charge >= 0.3 is 7.48 Å². The van der Waals surface area contributed by atoms with E-state index in [0.717, 1.165) is 18.2 Å². The highest BCUT2D eigenvalue weighted by atomic mass is 19.1. The van der Waals surface area contributed by atoms with Crippen molar-refractivity contribution in [1.82, 2.24) is 0 Å². The largest absolute Gasteiger partial charge is 0.450 e. The van der Waals surface area contributed by atoms with E-state index in [4.69, 9.17) is 5.02 Å². The number of benzene rings is 1. The van der Waals surface area contributed by atoms with E-state index in [0.29, 0.717) is 7.48 Å². The molecule has 0 saturated heterocycles. The molecule has 0 unspecified atom stereocenters. The minimum Gasteiger partial charge on any atom is -0.450 e. The van der Waals surface area contributed by atoms with Crippen LogP contribution in [0.5, 0.6) is 0 Å². The van der Waals surface area contributed by atoms with Gasteiger partial charge in [-0.25, -0.2) is 8.78 Å². The molecule has 1 rings (SSSR count). The lowest BCUT2D eigenvalue weighted by molar-refractivity contribution is 0.581. The molecule has 4 heteroatoms. The summed E-state index contributed by atoms with van der Waals surface area (Å²) in [6, 6.07) is 2.80. The van der Waals surface area contributed by atoms with Gasteiger partial charge in [0, 0.05) is 6.07 Å². The van der Waals surface area contributed by atoms with E-state index in [2.05, 4.69) is 0 Å². The second-order valence-electron chi connectivity index (χ2n) is 1.83. The van der Waals surface area contributed by atoms with Crippen molar-refractivity contribution in [1.29, 1.82) is 0 Å². The summed E-state index contributed by atoms with van der Waals surface area (Å²) in [5, 5.41) is 8.33. The van der Waals surface area contributed by atoms with Gasteiger partial charge in [0.2, 0.25) is 0 Å². The zero-order chi connectivity index (χ0) is 7.56. The van der Waals surface area contributed by atoms with Gasteiger partial charge in [0.15, 0.2) is 0 Å². The van der Waals surface area contributed by atoms with Crippen LogP contribution in [0.3, 0.4) is 0 Å². The summed E-state index contributed by atoms with van der Waals surface area (Å²) in [6.45, 7) is 0. The van der Waals surface area contributed by atoms with E-state index < -0.39 is 11.6 Å². The Bertz CT molecular complexity index is 219. The van der Waals surface area contributed by atoms with Crippen molar-refractivity contribution in [3.8, 4) is 0 Å². The van der Waals surface area contributed by atoms with Gasteiger partial charge in [0.1, 0.15) is 11.6 Å². The second kappa shape index (κ2) is 2.79. The van der Waals surface area contributed by atoms with E-state index in [9.17, 15) is 8.78 Å². The van der Waals surface area contributed by atoms with Crippen molar-refractivity contribution in [2.24, 2.45) is 0 Å². The summed E-state index contributed by atoms with van der Waals surface area (Å²) in [5.74, 6) is -1.39. The van der Waals surface area contributed by atoms with Gasteiger partial charge in [-0.1, -0.05) is 0 Å². The number of rotatable bonds is 1. The molecule has 1 radical (unpaired) electrons. The zero-order valence-corrected chi connectivity index (χ0v) is 5.01. The number of hydrogen-bond acceptors (Lipinski definition) is 1. The molecule has 0 aliphatic carbocycles. The highest BCUT2D eigenvalue weighted by Crippen LogP contribution is 1.97. The highest BCUT2D eigenvalue weighted by Gasteiger charge is 1.99. The van der Waals surface area contributed by atoms with Crippen LogP contribution in [-0.4, -0.2) is 12.5 Å². The molecule has 1 aromatic rings. The molecule has 0 fully saturated rings. The first-order chi connectivity index (χ1) is 4.72. The second-order valence-corrected chi connectivity index (χ2v) is 1.83. The van der Waals surface area contributed by atoms with Crippen LogP contribution in [0.15, 0.2) is 18.2 Å². The van der Waals surface area contributed by atoms with Crippen LogP contribution >= 0.6 is 0 Å². The fourth-order valence-corrected chi connectivity index (χ4v) is 0.650. The van der Waals surface area contributed by atoms with Crippen LogP contribution in [0.1, 0.15) is 0 Å². The third-order valence-corrected chi connectivity index (χ3v) is 1.03. The van der Waals surface area contributed by atoms with Gasteiger partial charge < -0.3 is 5.02 Å². The Labute approximate surface area is 57.6 Å². The van der Waals surface area contributed by atoms with Crippen molar-refractivity contribution >= 4 is 12.9 Å². The molecular weight excluding hydrogens is 137 g/mol. The molecule has 0 spiro atoms. The maximum absolute atomic E-state index is 12.2. The topological polar surface area (TPSA) is 20.2 Å². The molecule has 0 amide bonds. The van der Waals surface area contributed by atoms with Crippen LogP contribution in [-0.2, 0) is 0 Å². The van der Waals surface area contributed by atoms with Crippen molar-refractivity contribution in [2.45, 2.75) is 0 Å². The summed E-state index contributed by atoms with van der Waals surface area (Å²) in [6.07, 6.45) is 0. The first kappa shape index (κ1) is 7.21. The molecule has 0 aliphatic rings. The van der Waals surface area contributed by atoms with Gasteiger partial charge in [0.05, 0.1) is 0 Å². The van der Waals surface area contributed by atoms with Gasteiger partial charge in [-0.2, -0.15) is 0 Å². The molecule has 0 bridgehead atoms. The molecule has 0 aliphatic heterocycles. The maximum atomic E-state index is 12.2. The summed E-state index contributed by atoms with van der Waals surface area (Å²) < 4.78 is 24.5. The van der Waals surface area contributed by atoms with E-state index in [1.807, 2.05) is 0 Å². The van der Waals surface area contributed by atoms with Crippen molar-refractivity contribution in [2.75, 3.05) is 0 Å². The molecule has 0 aromatic heterocycles. The Morgan fingerprint density at radius 3 is 2.00 bits per heavy atom. The average Bonchev–Trinajstić information content (AvgIpc) is 1.85. The average molecular weight is 141 g/mol. The summed E-state index contributed by atoms with van der Waals surface area (Å²) in [4.78, 5) is 0. The molecule has 10 heavy (non-hydrogen) atoms. The number of halogens is 2. The summed E-state index contributed by atoms with van der Waals surface area (Å²) in [7, 11) is 0.645. The molecule has 1 nitrogen and oxygen atoms in total. The highest BCUT2D eigenvalue weighted by molar-refractivity contribution is 6.45. The SMILES string of the molecule is O[B]c1cc(F)cc(F)c1. The van der Waals surface area contributed by atoms with Crippen LogP contribution < -0.4 is 5.46 Å². The molecule has 0 atom stereocenters. The lowest BCUT2D eigenvalue weighted by Crippen LogP contribution is -2.14.